The first kappa shape index (κ1) is 22.4. The topological polar surface area (TPSA) is 114 Å². The molecule has 2 N–H and O–H groups in total. The van der Waals surface area contributed by atoms with Crippen molar-refractivity contribution in [3.05, 3.63) is 70.2 Å². The number of hydrogen-bond acceptors (Lipinski definition) is 7. The van der Waals surface area contributed by atoms with E-state index in [9.17, 15) is 14.4 Å². The zero-order chi connectivity index (χ0) is 23.2. The Bertz CT molecular complexity index is 1130. The summed E-state index contributed by atoms with van der Waals surface area (Å²) in [6.07, 6.45) is 1.48. The highest BCUT2D eigenvalue weighted by molar-refractivity contribution is 7.13. The van der Waals surface area contributed by atoms with Crippen molar-refractivity contribution in [2.45, 2.75) is 18.8 Å². The number of anilines is 2. The van der Waals surface area contributed by atoms with Crippen molar-refractivity contribution < 1.29 is 19.1 Å². The molecule has 2 heterocycles. The fourth-order valence-electron chi connectivity index (χ4n) is 3.54. The summed E-state index contributed by atoms with van der Waals surface area (Å²) in [5, 5.41) is 15.1. The lowest BCUT2D eigenvalue weighted by atomic mass is 9.98. The molecular weight excluding hydrogens is 442 g/mol. The molecule has 0 atom stereocenters. The normalized spacial score (nSPS) is 13.9. The second-order valence-electron chi connectivity index (χ2n) is 7.53. The van der Waals surface area contributed by atoms with Gasteiger partial charge in [0.25, 0.3) is 5.91 Å². The van der Waals surface area contributed by atoms with Gasteiger partial charge in [0, 0.05) is 30.4 Å². The van der Waals surface area contributed by atoms with Gasteiger partial charge in [-0.05, 0) is 49.2 Å². The summed E-state index contributed by atoms with van der Waals surface area (Å²) in [7, 11) is 1.32. The lowest BCUT2D eigenvalue weighted by Crippen LogP contribution is -2.40. The molecule has 1 aliphatic rings. The van der Waals surface area contributed by atoms with Gasteiger partial charge in [0.1, 0.15) is 5.01 Å². The zero-order valence-electron chi connectivity index (χ0n) is 18.0. The molecule has 0 saturated carbocycles. The number of hydrogen-bond donors (Lipinski definition) is 2. The van der Waals surface area contributed by atoms with Crippen molar-refractivity contribution in [3.8, 4) is 0 Å². The van der Waals surface area contributed by atoms with Crippen molar-refractivity contribution >= 4 is 40.6 Å². The van der Waals surface area contributed by atoms with E-state index in [2.05, 4.69) is 25.6 Å². The van der Waals surface area contributed by atoms with Gasteiger partial charge in [-0.25, -0.2) is 9.59 Å². The van der Waals surface area contributed by atoms with Gasteiger partial charge in [-0.2, -0.15) is 0 Å². The number of methoxy groups -OCH3 is 1. The number of nitrogens with zero attached hydrogens (tertiary/aromatic N) is 3. The average molecular weight is 466 g/mol. The molecular formula is C23H23N5O4S. The van der Waals surface area contributed by atoms with Crippen LogP contribution in [0.15, 0.2) is 54.6 Å². The summed E-state index contributed by atoms with van der Waals surface area (Å²) in [6, 6.07) is 15.6. The molecule has 170 valence electrons. The summed E-state index contributed by atoms with van der Waals surface area (Å²) in [6.45, 7) is 1.14. The number of carbonyl (C=O) groups excluding carboxylic acids is 3. The summed E-state index contributed by atoms with van der Waals surface area (Å²) >= 11 is 1.29. The largest absolute Gasteiger partial charge is 0.465 e. The monoisotopic (exact) mass is 465 g/mol. The van der Waals surface area contributed by atoms with E-state index in [0.717, 1.165) is 17.8 Å². The van der Waals surface area contributed by atoms with Gasteiger partial charge < -0.3 is 20.3 Å². The fourth-order valence-corrected chi connectivity index (χ4v) is 4.44. The minimum Gasteiger partial charge on any atom is -0.465 e. The molecule has 4 rings (SSSR count). The molecule has 0 spiro atoms. The maximum Gasteiger partial charge on any atom is 0.337 e. The maximum atomic E-state index is 12.6. The van der Waals surface area contributed by atoms with E-state index in [1.54, 1.807) is 29.2 Å². The standard InChI is InChI=1S/C23H23N5O4S/c1-32-22(30)16-7-9-18(10-8-16)25-23(31)28-13-11-15(12-14-28)20-26-27-21(33-20)19(29)24-17-5-3-2-4-6-17/h2-10,15H,11-14H2,1H3,(H,24,29)(H,25,31). The molecule has 33 heavy (non-hydrogen) atoms. The first-order valence-electron chi connectivity index (χ1n) is 10.5. The van der Waals surface area contributed by atoms with Crippen LogP contribution in [0, 0.1) is 0 Å². The van der Waals surface area contributed by atoms with E-state index >= 15 is 0 Å². The van der Waals surface area contributed by atoms with Crippen LogP contribution in [0.4, 0.5) is 16.2 Å². The molecule has 0 unspecified atom stereocenters. The van der Waals surface area contributed by atoms with Crippen LogP contribution >= 0.6 is 11.3 Å². The minimum atomic E-state index is -0.424. The van der Waals surface area contributed by atoms with Crippen LogP contribution in [0.1, 0.15) is 43.9 Å². The fraction of sp³-hybridized carbons (Fsp3) is 0.261. The van der Waals surface area contributed by atoms with Gasteiger partial charge in [0.15, 0.2) is 0 Å². The summed E-state index contributed by atoms with van der Waals surface area (Å²) < 4.78 is 4.67. The molecule has 10 heteroatoms. The maximum absolute atomic E-state index is 12.6. The molecule has 2 aromatic carbocycles. The van der Waals surface area contributed by atoms with Crippen molar-refractivity contribution in [2.75, 3.05) is 30.8 Å². The van der Waals surface area contributed by atoms with Crippen LogP contribution in [-0.2, 0) is 4.74 Å². The molecule has 1 aromatic heterocycles. The Morgan fingerprint density at radius 1 is 0.939 bits per heavy atom. The van der Waals surface area contributed by atoms with Crippen molar-refractivity contribution in [3.63, 3.8) is 0 Å². The molecule has 0 bridgehead atoms. The van der Waals surface area contributed by atoms with Crippen LogP contribution in [-0.4, -0.2) is 53.2 Å². The molecule has 1 saturated heterocycles. The zero-order valence-corrected chi connectivity index (χ0v) is 18.8. The number of para-hydroxylation sites is 1. The molecule has 9 nitrogen and oxygen atoms in total. The first-order valence-corrected chi connectivity index (χ1v) is 11.3. The van der Waals surface area contributed by atoms with Gasteiger partial charge in [0.2, 0.25) is 5.01 Å². The van der Waals surface area contributed by atoms with Crippen molar-refractivity contribution in [2.24, 2.45) is 0 Å². The lowest BCUT2D eigenvalue weighted by molar-refractivity contribution is 0.0600. The van der Waals surface area contributed by atoms with E-state index < -0.39 is 5.97 Å². The number of benzene rings is 2. The quantitative estimate of drug-likeness (QED) is 0.551. The van der Waals surface area contributed by atoms with Crippen LogP contribution in [0.5, 0.6) is 0 Å². The summed E-state index contributed by atoms with van der Waals surface area (Å²) in [4.78, 5) is 38.3. The second kappa shape index (κ2) is 10.2. The third kappa shape index (κ3) is 5.53. The van der Waals surface area contributed by atoms with Gasteiger partial charge in [-0.15, -0.1) is 10.2 Å². The SMILES string of the molecule is COC(=O)c1ccc(NC(=O)N2CCC(c3nnc(C(=O)Nc4ccccc4)s3)CC2)cc1. The van der Waals surface area contributed by atoms with E-state index in [1.807, 2.05) is 30.3 Å². The summed E-state index contributed by atoms with van der Waals surface area (Å²) in [5.41, 5.74) is 1.73. The summed E-state index contributed by atoms with van der Waals surface area (Å²) in [5.74, 6) is -0.545. The van der Waals surface area contributed by atoms with Gasteiger partial charge in [0.05, 0.1) is 12.7 Å². The number of carbonyl (C=O) groups is 3. The smallest absolute Gasteiger partial charge is 0.337 e. The van der Waals surface area contributed by atoms with Crippen LogP contribution < -0.4 is 10.6 Å². The Labute approximate surface area is 194 Å². The van der Waals surface area contributed by atoms with Crippen LogP contribution in [0.3, 0.4) is 0 Å². The lowest BCUT2D eigenvalue weighted by Gasteiger charge is -2.31. The Hall–Kier alpha value is -3.79. The number of ether oxygens (including phenoxy) is 1. The predicted molar refractivity (Wildman–Crippen MR) is 125 cm³/mol. The van der Waals surface area contributed by atoms with E-state index in [1.165, 1.54) is 18.4 Å². The first-order chi connectivity index (χ1) is 16.0. The number of likely N-dealkylation sites (tertiary alicyclic amines) is 1. The average Bonchev–Trinajstić information content (AvgIpc) is 3.35. The molecule has 1 fully saturated rings. The Balaban J connectivity index is 1.28. The Kier molecular flexibility index (Phi) is 6.94. The number of amides is 3. The Morgan fingerprint density at radius 3 is 2.27 bits per heavy atom. The highest BCUT2D eigenvalue weighted by Crippen LogP contribution is 2.30. The molecule has 3 aromatic rings. The second-order valence-corrected chi connectivity index (χ2v) is 8.54. The van der Waals surface area contributed by atoms with E-state index in [-0.39, 0.29) is 17.9 Å². The van der Waals surface area contributed by atoms with E-state index in [4.69, 9.17) is 0 Å². The highest BCUT2D eigenvalue weighted by Gasteiger charge is 2.27. The number of piperidine rings is 1. The molecule has 3 amide bonds. The van der Waals surface area contributed by atoms with Gasteiger partial charge in [-0.1, -0.05) is 29.5 Å². The van der Waals surface area contributed by atoms with Gasteiger partial charge in [-0.3, -0.25) is 4.79 Å². The predicted octanol–water partition coefficient (Wildman–Crippen LogP) is 3.99. The number of rotatable bonds is 5. The molecule has 0 radical (unpaired) electrons. The number of urea groups is 1. The number of nitrogens with one attached hydrogen (secondary N) is 2. The highest BCUT2D eigenvalue weighted by atomic mass is 32.1. The van der Waals surface area contributed by atoms with Crippen LogP contribution in [0.2, 0.25) is 0 Å². The third-order valence-corrected chi connectivity index (χ3v) is 6.44. The molecule has 1 aliphatic heterocycles. The van der Waals surface area contributed by atoms with Gasteiger partial charge >= 0.3 is 12.0 Å². The third-order valence-electron chi connectivity index (χ3n) is 5.36. The van der Waals surface area contributed by atoms with Crippen molar-refractivity contribution in [1.82, 2.24) is 15.1 Å². The Morgan fingerprint density at radius 2 is 1.61 bits per heavy atom. The van der Waals surface area contributed by atoms with E-state index in [0.29, 0.717) is 35.0 Å². The number of aromatic nitrogens is 2. The minimum absolute atomic E-state index is 0.157. The number of esters is 1. The van der Waals surface area contributed by atoms with Crippen molar-refractivity contribution in [1.29, 1.82) is 0 Å². The van der Waals surface area contributed by atoms with Crippen LogP contribution in [0.25, 0.3) is 0 Å². The molecule has 0 aliphatic carbocycles.